The highest BCUT2D eigenvalue weighted by molar-refractivity contribution is 5.74. The number of carbonyl (C=O) groups is 1. The Hall–Kier alpha value is -0.610. The van der Waals surface area contributed by atoms with Crippen molar-refractivity contribution in [2.24, 2.45) is 0 Å². The van der Waals surface area contributed by atoms with E-state index in [9.17, 15) is 4.79 Å². The van der Waals surface area contributed by atoms with Crippen LogP contribution in [-0.4, -0.2) is 49.2 Å². The van der Waals surface area contributed by atoms with Crippen molar-refractivity contribution < 1.29 is 9.53 Å². The maximum atomic E-state index is 11.4. The molecule has 0 aromatic carbocycles. The molecule has 74 valence electrons. The van der Waals surface area contributed by atoms with Crippen molar-refractivity contribution in [2.75, 3.05) is 32.8 Å². The lowest BCUT2D eigenvalue weighted by molar-refractivity contribution is -0.136. The molecule has 0 aliphatic carbocycles. The molecule has 2 aliphatic rings. The van der Waals surface area contributed by atoms with Crippen LogP contribution in [0.4, 0.5) is 0 Å². The summed E-state index contributed by atoms with van der Waals surface area (Å²) in [6.07, 6.45) is 0.972. The van der Waals surface area contributed by atoms with Crippen LogP contribution >= 0.6 is 0 Å². The molecule has 0 aromatic rings. The van der Waals surface area contributed by atoms with E-state index in [1.165, 1.54) is 0 Å². The van der Waals surface area contributed by atoms with Crippen molar-refractivity contribution >= 4 is 5.91 Å². The number of ether oxygens (including phenoxy) is 1. The Balaban J connectivity index is 2.16. The van der Waals surface area contributed by atoms with Crippen molar-refractivity contribution in [2.45, 2.75) is 18.9 Å². The van der Waals surface area contributed by atoms with Gasteiger partial charge in [0.15, 0.2) is 0 Å². The SMILES string of the molecule is CC(=O)N1CCNCC12CCOC2. The van der Waals surface area contributed by atoms with Gasteiger partial charge in [-0.15, -0.1) is 0 Å². The lowest BCUT2D eigenvalue weighted by Crippen LogP contribution is -2.63. The molecule has 1 atom stereocenters. The molecule has 0 radical (unpaired) electrons. The number of carbonyl (C=O) groups excluding carboxylic acids is 1. The Labute approximate surface area is 78.2 Å². The first-order valence-corrected chi connectivity index (χ1v) is 4.81. The number of amides is 1. The molecule has 2 heterocycles. The van der Waals surface area contributed by atoms with E-state index >= 15 is 0 Å². The number of hydrogen-bond donors (Lipinski definition) is 1. The van der Waals surface area contributed by atoms with E-state index in [4.69, 9.17) is 4.74 Å². The minimum absolute atomic E-state index is 0.0376. The molecule has 1 amide bonds. The molecule has 0 saturated carbocycles. The van der Waals surface area contributed by atoms with Gasteiger partial charge in [0.05, 0.1) is 12.1 Å². The Bertz CT molecular complexity index is 212. The zero-order chi connectivity index (χ0) is 9.31. The lowest BCUT2D eigenvalue weighted by atomic mass is 9.94. The second-order valence-electron chi connectivity index (χ2n) is 3.87. The third-order valence-corrected chi connectivity index (χ3v) is 3.00. The van der Waals surface area contributed by atoms with Crippen molar-refractivity contribution in [3.05, 3.63) is 0 Å². The Morgan fingerprint density at radius 2 is 2.46 bits per heavy atom. The van der Waals surface area contributed by atoms with Gasteiger partial charge >= 0.3 is 0 Å². The molecule has 1 unspecified atom stereocenters. The zero-order valence-electron chi connectivity index (χ0n) is 8.01. The summed E-state index contributed by atoms with van der Waals surface area (Å²) in [5.74, 6) is 0.173. The number of nitrogens with zero attached hydrogens (tertiary/aromatic N) is 1. The fourth-order valence-corrected chi connectivity index (χ4v) is 2.28. The van der Waals surface area contributed by atoms with Crippen molar-refractivity contribution in [1.82, 2.24) is 10.2 Å². The Kier molecular flexibility index (Phi) is 2.26. The van der Waals surface area contributed by atoms with Crippen LogP contribution in [-0.2, 0) is 9.53 Å². The first-order valence-electron chi connectivity index (χ1n) is 4.81. The molecule has 0 aromatic heterocycles. The second-order valence-corrected chi connectivity index (χ2v) is 3.87. The monoisotopic (exact) mass is 184 g/mol. The minimum Gasteiger partial charge on any atom is -0.379 e. The van der Waals surface area contributed by atoms with Gasteiger partial charge in [0.1, 0.15) is 0 Å². The van der Waals surface area contributed by atoms with E-state index in [0.29, 0.717) is 6.61 Å². The van der Waals surface area contributed by atoms with E-state index in [-0.39, 0.29) is 11.4 Å². The van der Waals surface area contributed by atoms with Crippen molar-refractivity contribution in [3.63, 3.8) is 0 Å². The highest BCUT2D eigenvalue weighted by atomic mass is 16.5. The maximum Gasteiger partial charge on any atom is 0.220 e. The summed E-state index contributed by atoms with van der Waals surface area (Å²) >= 11 is 0. The molecule has 1 spiro atoms. The average molecular weight is 184 g/mol. The van der Waals surface area contributed by atoms with Gasteiger partial charge in [0.2, 0.25) is 5.91 Å². The predicted molar refractivity (Wildman–Crippen MR) is 48.4 cm³/mol. The van der Waals surface area contributed by atoms with Crippen LogP contribution in [0.1, 0.15) is 13.3 Å². The normalized spacial score (nSPS) is 34.1. The van der Waals surface area contributed by atoms with E-state index in [1.807, 2.05) is 4.90 Å². The Morgan fingerprint density at radius 3 is 3.08 bits per heavy atom. The summed E-state index contributed by atoms with van der Waals surface area (Å²) in [6, 6.07) is 0. The summed E-state index contributed by atoms with van der Waals surface area (Å²) in [7, 11) is 0. The highest BCUT2D eigenvalue weighted by Gasteiger charge is 2.43. The topological polar surface area (TPSA) is 41.6 Å². The molecule has 1 N–H and O–H groups in total. The van der Waals surface area contributed by atoms with Gasteiger partial charge in [-0.1, -0.05) is 0 Å². The minimum atomic E-state index is -0.0376. The molecular weight excluding hydrogens is 168 g/mol. The predicted octanol–water partition coefficient (Wildman–Crippen LogP) is -0.403. The van der Waals surface area contributed by atoms with E-state index in [1.54, 1.807) is 6.92 Å². The van der Waals surface area contributed by atoms with Gasteiger partial charge in [-0.25, -0.2) is 0 Å². The largest absolute Gasteiger partial charge is 0.379 e. The molecule has 2 fully saturated rings. The zero-order valence-corrected chi connectivity index (χ0v) is 8.01. The van der Waals surface area contributed by atoms with Crippen LogP contribution in [0.3, 0.4) is 0 Å². The first-order chi connectivity index (χ1) is 6.25. The molecule has 2 aliphatic heterocycles. The molecular formula is C9H16N2O2. The van der Waals surface area contributed by atoms with Crippen LogP contribution < -0.4 is 5.32 Å². The lowest BCUT2D eigenvalue weighted by Gasteiger charge is -2.43. The van der Waals surface area contributed by atoms with Gasteiger partial charge in [0, 0.05) is 33.2 Å². The second kappa shape index (κ2) is 3.27. The van der Waals surface area contributed by atoms with Crippen LogP contribution in [0, 0.1) is 0 Å². The first kappa shape index (κ1) is 8.97. The van der Waals surface area contributed by atoms with Gasteiger partial charge in [0.25, 0.3) is 0 Å². The quantitative estimate of drug-likeness (QED) is 0.557. The molecule has 4 heteroatoms. The molecule has 2 rings (SSSR count). The number of nitrogens with one attached hydrogen (secondary N) is 1. The fraction of sp³-hybridized carbons (Fsp3) is 0.889. The van der Waals surface area contributed by atoms with Gasteiger partial charge < -0.3 is 15.0 Å². The average Bonchev–Trinajstić information content (AvgIpc) is 2.54. The van der Waals surface area contributed by atoms with Gasteiger partial charge in [-0.2, -0.15) is 0 Å². The standard InChI is InChI=1S/C9H16N2O2/c1-8(12)11-4-3-10-6-9(11)2-5-13-7-9/h10H,2-7H2,1H3. The summed E-state index contributed by atoms with van der Waals surface area (Å²) in [4.78, 5) is 13.4. The third kappa shape index (κ3) is 1.44. The fourth-order valence-electron chi connectivity index (χ4n) is 2.28. The smallest absolute Gasteiger partial charge is 0.220 e. The molecule has 13 heavy (non-hydrogen) atoms. The number of hydrogen-bond acceptors (Lipinski definition) is 3. The maximum absolute atomic E-state index is 11.4. The summed E-state index contributed by atoms with van der Waals surface area (Å²) in [5, 5.41) is 3.33. The number of piperazine rings is 1. The van der Waals surface area contributed by atoms with Gasteiger partial charge in [-0.05, 0) is 6.42 Å². The van der Waals surface area contributed by atoms with E-state index in [0.717, 1.165) is 32.7 Å². The van der Waals surface area contributed by atoms with Crippen LogP contribution in [0.15, 0.2) is 0 Å². The molecule has 2 saturated heterocycles. The number of rotatable bonds is 0. The van der Waals surface area contributed by atoms with Crippen molar-refractivity contribution in [3.8, 4) is 0 Å². The molecule has 0 bridgehead atoms. The highest BCUT2D eigenvalue weighted by Crippen LogP contribution is 2.27. The van der Waals surface area contributed by atoms with E-state index in [2.05, 4.69) is 5.32 Å². The summed E-state index contributed by atoms with van der Waals surface area (Å²) < 4.78 is 5.38. The van der Waals surface area contributed by atoms with E-state index < -0.39 is 0 Å². The van der Waals surface area contributed by atoms with Gasteiger partial charge in [-0.3, -0.25) is 4.79 Å². The van der Waals surface area contributed by atoms with Crippen LogP contribution in [0.2, 0.25) is 0 Å². The van der Waals surface area contributed by atoms with Crippen LogP contribution in [0.5, 0.6) is 0 Å². The summed E-state index contributed by atoms with van der Waals surface area (Å²) in [6.45, 7) is 5.73. The van der Waals surface area contributed by atoms with Crippen LogP contribution in [0.25, 0.3) is 0 Å². The summed E-state index contributed by atoms with van der Waals surface area (Å²) in [5.41, 5.74) is -0.0376. The Morgan fingerprint density at radius 1 is 1.62 bits per heavy atom. The van der Waals surface area contributed by atoms with Crippen molar-refractivity contribution in [1.29, 1.82) is 0 Å². The molecule has 4 nitrogen and oxygen atoms in total. The third-order valence-electron chi connectivity index (χ3n) is 3.00.